The number of aromatic nitrogens is 1. The molecule has 1 heterocycles. The van der Waals surface area contributed by atoms with Crippen LogP contribution in [0.25, 0.3) is 0 Å². The van der Waals surface area contributed by atoms with Gasteiger partial charge >= 0.3 is 0 Å². The van der Waals surface area contributed by atoms with Gasteiger partial charge in [0, 0.05) is 23.1 Å². The topological polar surface area (TPSA) is 37.0 Å². The highest BCUT2D eigenvalue weighted by Crippen LogP contribution is 2.31. The van der Waals surface area contributed by atoms with Crippen LogP contribution in [0.1, 0.15) is 5.56 Å². The Morgan fingerprint density at radius 2 is 2.00 bits per heavy atom. The summed E-state index contributed by atoms with van der Waals surface area (Å²) in [6, 6.07) is 3.41. The van der Waals surface area contributed by atoms with Gasteiger partial charge in [0.1, 0.15) is 0 Å². The van der Waals surface area contributed by atoms with E-state index < -0.39 is 0 Å². The molecule has 0 saturated carbocycles. The third-order valence-electron chi connectivity index (χ3n) is 2.45. The first-order valence-electron chi connectivity index (χ1n) is 5.64. The Balaban J connectivity index is 1.87. The molecule has 3 nitrogen and oxygen atoms in total. The van der Waals surface area contributed by atoms with Gasteiger partial charge in [0.25, 0.3) is 0 Å². The molecule has 2 N–H and O–H groups in total. The third-order valence-corrected chi connectivity index (χ3v) is 4.58. The SMILES string of the molecule is S=C(NCCc1c(Cl)ccc(Cl)c1Cl)Nc1nccs1. The summed E-state index contributed by atoms with van der Waals surface area (Å²) in [5, 5.41) is 10.8. The lowest BCUT2D eigenvalue weighted by Crippen LogP contribution is -2.30. The minimum Gasteiger partial charge on any atom is -0.362 e. The molecule has 1 aromatic carbocycles. The van der Waals surface area contributed by atoms with Gasteiger partial charge in [-0.15, -0.1) is 11.3 Å². The molecule has 0 aliphatic heterocycles. The van der Waals surface area contributed by atoms with Gasteiger partial charge in [0.2, 0.25) is 0 Å². The molecule has 0 aliphatic carbocycles. The second kappa shape index (κ2) is 7.43. The van der Waals surface area contributed by atoms with Gasteiger partial charge in [-0.25, -0.2) is 4.98 Å². The zero-order valence-corrected chi connectivity index (χ0v) is 14.0. The van der Waals surface area contributed by atoms with Gasteiger partial charge in [-0.05, 0) is 36.3 Å². The minimum absolute atomic E-state index is 0.486. The first kappa shape index (κ1) is 15.8. The number of halogens is 3. The first-order valence-corrected chi connectivity index (χ1v) is 8.07. The Kier molecular flexibility index (Phi) is 5.86. The van der Waals surface area contributed by atoms with E-state index in [1.165, 1.54) is 11.3 Å². The average Bonchev–Trinajstić information content (AvgIpc) is 2.91. The summed E-state index contributed by atoms with van der Waals surface area (Å²) in [6.07, 6.45) is 2.33. The quantitative estimate of drug-likeness (QED) is 0.611. The number of thiazole rings is 1. The highest BCUT2D eigenvalue weighted by molar-refractivity contribution is 7.80. The highest BCUT2D eigenvalue weighted by Gasteiger charge is 2.09. The van der Waals surface area contributed by atoms with E-state index in [4.69, 9.17) is 47.0 Å². The molecule has 0 amide bonds. The number of hydrogen-bond acceptors (Lipinski definition) is 3. The lowest BCUT2D eigenvalue weighted by Gasteiger charge is -2.11. The van der Waals surface area contributed by atoms with Crippen LogP contribution >= 0.6 is 58.4 Å². The molecule has 0 aliphatic rings. The van der Waals surface area contributed by atoms with Crippen molar-refractivity contribution in [1.29, 1.82) is 0 Å². The second-order valence-electron chi connectivity index (χ2n) is 3.79. The molecule has 106 valence electrons. The van der Waals surface area contributed by atoms with Crippen molar-refractivity contribution in [1.82, 2.24) is 10.3 Å². The van der Waals surface area contributed by atoms with Crippen LogP contribution < -0.4 is 10.6 Å². The molecular weight excluding hydrogens is 357 g/mol. The summed E-state index contributed by atoms with van der Waals surface area (Å²) in [7, 11) is 0. The molecule has 2 aromatic rings. The highest BCUT2D eigenvalue weighted by atomic mass is 35.5. The van der Waals surface area contributed by atoms with Crippen molar-refractivity contribution in [3.05, 3.63) is 44.3 Å². The van der Waals surface area contributed by atoms with Crippen LogP contribution in [0.5, 0.6) is 0 Å². The van der Waals surface area contributed by atoms with E-state index in [2.05, 4.69) is 15.6 Å². The van der Waals surface area contributed by atoms with Crippen LogP contribution in [-0.4, -0.2) is 16.6 Å². The van der Waals surface area contributed by atoms with Crippen LogP contribution in [-0.2, 0) is 6.42 Å². The van der Waals surface area contributed by atoms with E-state index in [1.807, 2.05) is 5.38 Å². The Bertz CT molecular complexity index is 602. The number of benzene rings is 1. The van der Waals surface area contributed by atoms with Crippen LogP contribution in [0.3, 0.4) is 0 Å². The first-order chi connectivity index (χ1) is 9.58. The van der Waals surface area contributed by atoms with Gasteiger partial charge in [-0.1, -0.05) is 34.8 Å². The standard InChI is InChI=1S/C12H10Cl3N3S2/c13-8-1-2-9(14)10(15)7(8)3-4-16-11(19)18-12-17-5-6-20-12/h1-2,5-6H,3-4H2,(H2,16,17,18,19). The van der Waals surface area contributed by atoms with Crippen molar-refractivity contribution in [3.63, 3.8) is 0 Å². The fraction of sp³-hybridized carbons (Fsp3) is 0.167. The molecule has 1 aromatic heterocycles. The monoisotopic (exact) mass is 365 g/mol. The molecule has 0 fully saturated rings. The minimum atomic E-state index is 0.486. The second-order valence-corrected chi connectivity index (χ2v) is 6.29. The van der Waals surface area contributed by atoms with Crippen molar-refractivity contribution >= 4 is 68.6 Å². The number of anilines is 1. The molecule has 0 atom stereocenters. The van der Waals surface area contributed by atoms with Gasteiger partial charge in [-0.3, -0.25) is 0 Å². The smallest absolute Gasteiger partial charge is 0.188 e. The number of thiocarbonyl (C=S) groups is 1. The summed E-state index contributed by atoms with van der Waals surface area (Å²) in [4.78, 5) is 4.08. The van der Waals surface area contributed by atoms with E-state index >= 15 is 0 Å². The van der Waals surface area contributed by atoms with E-state index in [0.29, 0.717) is 33.1 Å². The lowest BCUT2D eigenvalue weighted by atomic mass is 10.1. The summed E-state index contributed by atoms with van der Waals surface area (Å²) < 4.78 is 0. The van der Waals surface area contributed by atoms with Crippen molar-refractivity contribution in [3.8, 4) is 0 Å². The zero-order chi connectivity index (χ0) is 14.5. The van der Waals surface area contributed by atoms with Gasteiger partial charge in [0.15, 0.2) is 10.2 Å². The largest absolute Gasteiger partial charge is 0.362 e. The summed E-state index contributed by atoms with van der Waals surface area (Å²) in [5.41, 5.74) is 0.811. The molecule has 0 unspecified atom stereocenters. The molecule has 2 rings (SSSR count). The van der Waals surface area contributed by atoms with Gasteiger partial charge in [0.05, 0.1) is 10.0 Å². The lowest BCUT2D eigenvalue weighted by molar-refractivity contribution is 0.873. The summed E-state index contributed by atoms with van der Waals surface area (Å²) in [5.74, 6) is 0. The Morgan fingerprint density at radius 3 is 2.70 bits per heavy atom. The fourth-order valence-corrected chi connectivity index (χ4v) is 3.06. The third kappa shape index (κ3) is 4.20. The molecule has 0 spiro atoms. The fourth-order valence-electron chi connectivity index (χ4n) is 1.53. The number of nitrogens with one attached hydrogen (secondary N) is 2. The maximum Gasteiger partial charge on any atom is 0.188 e. The predicted molar refractivity (Wildman–Crippen MR) is 91.5 cm³/mol. The maximum absolute atomic E-state index is 6.13. The van der Waals surface area contributed by atoms with Crippen molar-refractivity contribution in [2.75, 3.05) is 11.9 Å². The van der Waals surface area contributed by atoms with E-state index in [1.54, 1.807) is 18.3 Å². The summed E-state index contributed by atoms with van der Waals surface area (Å²) in [6.45, 7) is 0.594. The van der Waals surface area contributed by atoms with E-state index in [-0.39, 0.29) is 0 Å². The Morgan fingerprint density at radius 1 is 1.25 bits per heavy atom. The zero-order valence-electron chi connectivity index (χ0n) is 10.1. The van der Waals surface area contributed by atoms with Crippen LogP contribution in [0, 0.1) is 0 Å². The predicted octanol–water partition coefficient (Wildman–Crippen LogP) is 4.63. The molecule has 0 bridgehead atoms. The normalized spacial score (nSPS) is 10.3. The van der Waals surface area contributed by atoms with Gasteiger partial charge < -0.3 is 10.6 Å². The van der Waals surface area contributed by atoms with Crippen molar-refractivity contribution < 1.29 is 0 Å². The van der Waals surface area contributed by atoms with E-state index in [0.717, 1.165) is 10.7 Å². The van der Waals surface area contributed by atoms with Crippen LogP contribution in [0.2, 0.25) is 15.1 Å². The van der Waals surface area contributed by atoms with E-state index in [9.17, 15) is 0 Å². The van der Waals surface area contributed by atoms with Gasteiger partial charge in [-0.2, -0.15) is 0 Å². The van der Waals surface area contributed by atoms with Crippen LogP contribution in [0.4, 0.5) is 5.13 Å². The average molecular weight is 367 g/mol. The maximum atomic E-state index is 6.13. The number of rotatable bonds is 4. The Labute approximate surface area is 141 Å². The summed E-state index contributed by atoms with van der Waals surface area (Å²) >= 11 is 24.8. The Hall–Kier alpha value is -0.590. The molecule has 8 heteroatoms. The number of nitrogens with zero attached hydrogens (tertiary/aromatic N) is 1. The van der Waals surface area contributed by atoms with Crippen molar-refractivity contribution in [2.24, 2.45) is 0 Å². The molecular formula is C12H10Cl3N3S2. The van der Waals surface area contributed by atoms with Crippen molar-refractivity contribution in [2.45, 2.75) is 6.42 Å². The molecule has 0 saturated heterocycles. The molecule has 0 radical (unpaired) electrons. The number of hydrogen-bond donors (Lipinski definition) is 2. The molecule has 20 heavy (non-hydrogen) atoms. The van der Waals surface area contributed by atoms with Crippen LogP contribution in [0.15, 0.2) is 23.7 Å².